The minimum absolute atomic E-state index is 0.0776. The summed E-state index contributed by atoms with van der Waals surface area (Å²) in [5.41, 5.74) is -4.46. The molecule has 13 heteroatoms. The molecule has 0 radical (unpaired) electrons. The first kappa shape index (κ1) is 45.2. The zero-order valence-electron chi connectivity index (χ0n) is 33.5. The van der Waals surface area contributed by atoms with E-state index in [2.05, 4.69) is 0 Å². The van der Waals surface area contributed by atoms with Crippen molar-refractivity contribution < 1.29 is 64.6 Å². The largest absolute Gasteiger partial charge is 0.459 e. The highest BCUT2D eigenvalue weighted by atomic mass is 16.7. The van der Waals surface area contributed by atoms with Crippen LogP contribution in [0.5, 0.6) is 0 Å². The van der Waals surface area contributed by atoms with E-state index in [0.29, 0.717) is 44.9 Å². The quantitative estimate of drug-likeness (QED) is 0.153. The van der Waals surface area contributed by atoms with Gasteiger partial charge in [-0.2, -0.15) is 0 Å². The molecule has 0 amide bonds. The van der Waals surface area contributed by atoms with Crippen molar-refractivity contribution in [2.24, 2.45) is 17.8 Å². The normalized spacial score (nSPS) is 46.7. The van der Waals surface area contributed by atoms with Crippen LogP contribution in [-0.2, 0) is 23.7 Å². The van der Waals surface area contributed by atoms with Gasteiger partial charge >= 0.3 is 5.97 Å². The predicted octanol–water partition coefficient (Wildman–Crippen LogP) is 3.30. The minimum Gasteiger partial charge on any atom is -0.459 e. The molecule has 2 bridgehead atoms. The Hall–Kier alpha value is -1.49. The highest BCUT2D eigenvalue weighted by Gasteiger charge is 2.56. The summed E-state index contributed by atoms with van der Waals surface area (Å²) in [6.07, 6.45) is 3.50. The Bertz CT molecular complexity index is 1280. The summed E-state index contributed by atoms with van der Waals surface area (Å²) in [7, 11) is 0. The maximum atomic E-state index is 13.4. The second kappa shape index (κ2) is 18.0. The summed E-state index contributed by atoms with van der Waals surface area (Å²) in [6.45, 7) is 11.7. The highest BCUT2D eigenvalue weighted by molar-refractivity contribution is 5.82. The van der Waals surface area contributed by atoms with E-state index in [9.17, 15) is 45.6 Å². The lowest BCUT2D eigenvalue weighted by atomic mass is 9.79. The van der Waals surface area contributed by atoms with E-state index in [0.717, 1.165) is 31.4 Å². The zero-order valence-corrected chi connectivity index (χ0v) is 33.5. The Labute approximate surface area is 321 Å². The predicted molar refractivity (Wildman–Crippen MR) is 200 cm³/mol. The van der Waals surface area contributed by atoms with Gasteiger partial charge in [-0.05, 0) is 85.1 Å². The average molecular weight is 771 g/mol. The van der Waals surface area contributed by atoms with Crippen LogP contribution in [-0.4, -0.2) is 124 Å². The Morgan fingerprint density at radius 1 is 0.833 bits per heavy atom. The molecular formula is C41H70O13. The number of esters is 1. The Balaban J connectivity index is 1.67. The van der Waals surface area contributed by atoms with E-state index in [4.69, 9.17) is 18.9 Å². The number of aliphatic hydroxyl groups is 8. The van der Waals surface area contributed by atoms with Crippen LogP contribution in [0.2, 0.25) is 0 Å². The van der Waals surface area contributed by atoms with Crippen LogP contribution in [0.15, 0.2) is 24.3 Å². The summed E-state index contributed by atoms with van der Waals surface area (Å²) in [4.78, 5) is 13.4. The number of aliphatic hydroxyl groups excluding tert-OH is 5. The standard InChI is InChI=1S/C41H70O13/c1-8-28(42)21-29-16-14-19-40(52-29)23-30-25(2)31(53-40)24-41(50)27(22-37(4,5)54-41)15-12-10-9-11-13-18-38(6,48)36(47)34(45)33(44)26(3)35(46)39(7,49)20-17-32(43)51-30/h12,15,17,20,25-31,33-36,42,44-50H,8-11,13-14,16,18-19,21-24H2,1-7H3. The molecule has 312 valence electrons. The van der Waals surface area contributed by atoms with E-state index in [1.54, 1.807) is 0 Å². The van der Waals surface area contributed by atoms with Gasteiger partial charge in [-0.3, -0.25) is 0 Å². The number of hydrogen-bond acceptors (Lipinski definition) is 13. The number of carbonyl (C=O) groups is 1. The number of ether oxygens (including phenoxy) is 4. The van der Waals surface area contributed by atoms with Gasteiger partial charge in [0.05, 0.1) is 41.7 Å². The highest BCUT2D eigenvalue weighted by Crippen LogP contribution is 2.49. The van der Waals surface area contributed by atoms with Gasteiger partial charge in [-0.15, -0.1) is 0 Å². The van der Waals surface area contributed by atoms with E-state index in [-0.39, 0.29) is 31.3 Å². The van der Waals surface area contributed by atoms with Crippen molar-refractivity contribution in [2.45, 2.75) is 209 Å². The number of hydrogen-bond donors (Lipinski definition) is 8. The third-order valence-corrected chi connectivity index (χ3v) is 12.5. The van der Waals surface area contributed by atoms with E-state index in [1.807, 2.05) is 39.8 Å². The van der Waals surface area contributed by atoms with Crippen molar-refractivity contribution >= 4 is 5.97 Å². The Morgan fingerprint density at radius 2 is 1.54 bits per heavy atom. The first-order chi connectivity index (χ1) is 25.0. The molecule has 0 aromatic carbocycles. The molecule has 1 spiro atoms. The number of allylic oxidation sites excluding steroid dienone is 1. The van der Waals surface area contributed by atoms with Crippen molar-refractivity contribution in [1.29, 1.82) is 0 Å². The van der Waals surface area contributed by atoms with Gasteiger partial charge in [0.25, 0.3) is 0 Å². The molecule has 3 saturated heterocycles. The number of carbonyl (C=O) groups excluding carboxylic acids is 1. The first-order valence-corrected chi connectivity index (χ1v) is 20.2. The van der Waals surface area contributed by atoms with Crippen molar-refractivity contribution in [1.82, 2.24) is 0 Å². The monoisotopic (exact) mass is 770 g/mol. The first-order valence-electron chi connectivity index (χ1n) is 20.2. The van der Waals surface area contributed by atoms with Crippen LogP contribution >= 0.6 is 0 Å². The van der Waals surface area contributed by atoms with Crippen molar-refractivity contribution in [2.75, 3.05) is 0 Å². The molecule has 0 aromatic heterocycles. The summed E-state index contributed by atoms with van der Waals surface area (Å²) >= 11 is 0. The molecule has 4 aliphatic heterocycles. The third kappa shape index (κ3) is 11.1. The second-order valence-electron chi connectivity index (χ2n) is 17.9. The van der Waals surface area contributed by atoms with Crippen LogP contribution in [0, 0.1) is 17.8 Å². The lowest BCUT2D eigenvalue weighted by Gasteiger charge is -2.51. The zero-order chi connectivity index (χ0) is 40.3. The van der Waals surface area contributed by atoms with Gasteiger partial charge in [0.15, 0.2) is 11.6 Å². The van der Waals surface area contributed by atoms with Gasteiger partial charge in [-0.1, -0.05) is 45.8 Å². The van der Waals surface area contributed by atoms with E-state index < -0.39 is 88.9 Å². The van der Waals surface area contributed by atoms with Crippen LogP contribution < -0.4 is 0 Å². The van der Waals surface area contributed by atoms with Gasteiger partial charge in [0, 0.05) is 43.1 Å². The number of fused-ring (bicyclic) bond motifs is 3. The fourth-order valence-electron chi connectivity index (χ4n) is 8.86. The molecule has 4 aliphatic rings. The molecule has 0 saturated carbocycles. The molecule has 3 fully saturated rings. The van der Waals surface area contributed by atoms with Gasteiger partial charge in [0.1, 0.15) is 23.9 Å². The van der Waals surface area contributed by atoms with Crippen molar-refractivity contribution in [3.05, 3.63) is 24.3 Å². The smallest absolute Gasteiger partial charge is 0.330 e. The van der Waals surface area contributed by atoms with E-state index in [1.165, 1.54) is 20.8 Å². The SMILES string of the molecule is CCC(O)CC1CCCC2(CC3OC(=O)C=CC(C)(O)C(O)C(C)C(O)C(O)C(O)C(C)(O)CCCCCC=CC4CC(C)(C)OC4(O)CC(O2)C3C)O1. The van der Waals surface area contributed by atoms with Crippen LogP contribution in [0.3, 0.4) is 0 Å². The lowest BCUT2D eigenvalue weighted by Crippen LogP contribution is -2.58. The molecule has 15 unspecified atom stereocenters. The van der Waals surface area contributed by atoms with Gasteiger partial charge < -0.3 is 59.8 Å². The molecule has 15 atom stereocenters. The van der Waals surface area contributed by atoms with Crippen LogP contribution in [0.25, 0.3) is 0 Å². The second-order valence-corrected chi connectivity index (χ2v) is 17.9. The fraction of sp³-hybridized carbons (Fsp3) is 0.878. The molecule has 0 aliphatic carbocycles. The summed E-state index contributed by atoms with van der Waals surface area (Å²) in [5.74, 6) is -5.54. The molecule has 0 aromatic rings. The van der Waals surface area contributed by atoms with Crippen LogP contribution in [0.1, 0.15) is 132 Å². The molecule has 8 N–H and O–H groups in total. The molecule has 54 heavy (non-hydrogen) atoms. The summed E-state index contributed by atoms with van der Waals surface area (Å²) in [6, 6.07) is 0. The topological polar surface area (TPSA) is 216 Å². The minimum atomic E-state index is -2.08. The Kier molecular flexibility index (Phi) is 15.0. The molecule has 4 heterocycles. The maximum Gasteiger partial charge on any atom is 0.330 e. The molecule has 4 rings (SSSR count). The van der Waals surface area contributed by atoms with Crippen LogP contribution in [0.4, 0.5) is 0 Å². The van der Waals surface area contributed by atoms with Crippen molar-refractivity contribution in [3.8, 4) is 0 Å². The Morgan fingerprint density at radius 3 is 2.22 bits per heavy atom. The number of rotatable bonds is 3. The van der Waals surface area contributed by atoms with Gasteiger partial charge in [-0.25, -0.2) is 4.79 Å². The maximum absolute atomic E-state index is 13.4. The molecule has 13 nitrogen and oxygen atoms in total. The fourth-order valence-corrected chi connectivity index (χ4v) is 8.86. The van der Waals surface area contributed by atoms with Gasteiger partial charge in [0.2, 0.25) is 0 Å². The third-order valence-electron chi connectivity index (χ3n) is 12.5. The lowest BCUT2D eigenvalue weighted by molar-refractivity contribution is -0.352. The average Bonchev–Trinajstić information content (AvgIpc) is 3.33. The summed E-state index contributed by atoms with van der Waals surface area (Å²) in [5, 5.41) is 88.6. The summed E-state index contributed by atoms with van der Waals surface area (Å²) < 4.78 is 25.8. The van der Waals surface area contributed by atoms with E-state index >= 15 is 0 Å². The molecular weight excluding hydrogens is 700 g/mol. The van der Waals surface area contributed by atoms with Crippen molar-refractivity contribution in [3.63, 3.8) is 0 Å².